The van der Waals surface area contributed by atoms with Crippen LogP contribution in [-0.4, -0.2) is 43.8 Å². The number of anilines is 1. The number of imidazole rings is 1. The van der Waals surface area contributed by atoms with E-state index in [2.05, 4.69) is 21.5 Å². The van der Waals surface area contributed by atoms with E-state index < -0.39 is 11.0 Å². The summed E-state index contributed by atoms with van der Waals surface area (Å²) in [7, 11) is 0. The third kappa shape index (κ3) is 4.43. The first-order chi connectivity index (χ1) is 12.8. The highest BCUT2D eigenvalue weighted by Crippen LogP contribution is 2.52. The number of aromatic nitrogens is 4. The number of H-pyrrole nitrogens is 1. The number of aromatic amines is 1. The van der Waals surface area contributed by atoms with Crippen molar-refractivity contribution in [1.29, 1.82) is 0 Å². The van der Waals surface area contributed by atoms with Crippen molar-refractivity contribution < 1.29 is 16.1 Å². The second-order valence-corrected chi connectivity index (χ2v) is 6.72. The van der Waals surface area contributed by atoms with E-state index in [1.54, 1.807) is 30.7 Å². The van der Waals surface area contributed by atoms with Crippen LogP contribution in [-0.2, 0) is 9.53 Å². The van der Waals surface area contributed by atoms with Gasteiger partial charge in [0.2, 0.25) is 5.95 Å². The maximum atomic E-state index is 11.8. The minimum absolute atomic E-state index is 0. The van der Waals surface area contributed by atoms with Crippen LogP contribution >= 0.6 is 0 Å². The SMILES string of the molecule is C=CC.CC(C)C(=O)OCC1(CO)C/C1=C/n1cnc2c(=O)[nH]c(N)nc21.[HH]. The van der Waals surface area contributed by atoms with Gasteiger partial charge in [0.15, 0.2) is 11.2 Å². The minimum atomic E-state index is -0.576. The van der Waals surface area contributed by atoms with Gasteiger partial charge in [-0.1, -0.05) is 19.9 Å². The zero-order valence-electron chi connectivity index (χ0n) is 15.7. The van der Waals surface area contributed by atoms with Gasteiger partial charge in [-0.2, -0.15) is 4.98 Å². The van der Waals surface area contributed by atoms with Crippen molar-refractivity contribution in [3.05, 3.63) is 34.9 Å². The number of hydrogen-bond donors (Lipinski definition) is 3. The average Bonchev–Trinajstić information content (AvgIpc) is 3.15. The van der Waals surface area contributed by atoms with E-state index in [0.29, 0.717) is 12.1 Å². The lowest BCUT2D eigenvalue weighted by Gasteiger charge is -2.13. The Labute approximate surface area is 158 Å². The molecule has 1 fully saturated rings. The van der Waals surface area contributed by atoms with Gasteiger partial charge in [0.25, 0.3) is 5.56 Å². The van der Waals surface area contributed by atoms with Crippen LogP contribution in [0.3, 0.4) is 0 Å². The number of nitrogens with two attached hydrogens (primary N) is 1. The molecule has 2 aromatic heterocycles. The Kier molecular flexibility index (Phi) is 6.17. The minimum Gasteiger partial charge on any atom is -0.464 e. The summed E-state index contributed by atoms with van der Waals surface area (Å²) in [5.74, 6) is -0.519. The molecule has 9 nitrogen and oxygen atoms in total. The zero-order chi connectivity index (χ0) is 20.2. The average molecular weight is 377 g/mol. The molecule has 3 rings (SSSR count). The highest BCUT2D eigenvalue weighted by molar-refractivity contribution is 5.74. The number of nitrogens with one attached hydrogen (secondary N) is 1. The number of ether oxygens (including phenoxy) is 1. The summed E-state index contributed by atoms with van der Waals surface area (Å²) in [5.41, 5.74) is 5.98. The van der Waals surface area contributed by atoms with Crippen molar-refractivity contribution in [1.82, 2.24) is 19.5 Å². The standard InChI is InChI=1S/C15H19N5O4.C3H6.H2/c1-8(2)13(23)24-6-15(5-21)3-9(15)4-20-7-17-10-11(20)18-14(16)19-12(10)22;1-3-2;/h4,7-8,21H,3,5-6H2,1-2H3,(H3,16,18,19,22);3H,1H2,2H3;1H/b9-4-;;. The first-order valence-electron chi connectivity index (χ1n) is 8.56. The summed E-state index contributed by atoms with van der Waals surface area (Å²) in [4.78, 5) is 33.9. The number of nitrogen functional groups attached to an aromatic ring is 1. The van der Waals surface area contributed by atoms with Crippen LogP contribution in [0.2, 0.25) is 0 Å². The molecule has 0 aliphatic heterocycles. The molecule has 2 heterocycles. The lowest BCUT2D eigenvalue weighted by molar-refractivity contribution is -0.149. The van der Waals surface area contributed by atoms with E-state index in [4.69, 9.17) is 10.5 Å². The van der Waals surface area contributed by atoms with Crippen LogP contribution in [0.1, 0.15) is 28.6 Å². The number of aliphatic hydroxyl groups is 1. The van der Waals surface area contributed by atoms with Gasteiger partial charge in [-0.05, 0) is 18.9 Å². The molecule has 0 amide bonds. The summed E-state index contributed by atoms with van der Waals surface area (Å²) in [5, 5.41) is 9.66. The largest absolute Gasteiger partial charge is 0.464 e. The second-order valence-electron chi connectivity index (χ2n) is 6.72. The topological polar surface area (TPSA) is 136 Å². The number of allylic oxidation sites excluding steroid dienone is 1. The number of carbonyl (C=O) groups is 1. The Hall–Kier alpha value is -2.94. The zero-order valence-corrected chi connectivity index (χ0v) is 15.7. The molecule has 1 aliphatic carbocycles. The van der Waals surface area contributed by atoms with E-state index in [9.17, 15) is 14.7 Å². The van der Waals surface area contributed by atoms with Crippen LogP contribution in [0.5, 0.6) is 0 Å². The van der Waals surface area contributed by atoms with Crippen LogP contribution in [0.15, 0.2) is 29.3 Å². The van der Waals surface area contributed by atoms with Gasteiger partial charge < -0.3 is 15.6 Å². The van der Waals surface area contributed by atoms with Gasteiger partial charge in [0.05, 0.1) is 17.9 Å². The maximum absolute atomic E-state index is 11.8. The van der Waals surface area contributed by atoms with Crippen LogP contribution in [0.4, 0.5) is 5.95 Å². The fraction of sp³-hybridized carbons (Fsp3) is 0.444. The van der Waals surface area contributed by atoms with Crippen LogP contribution in [0, 0.1) is 11.3 Å². The Balaban J connectivity index is 0.000000921. The molecular weight excluding hydrogens is 350 g/mol. The maximum Gasteiger partial charge on any atom is 0.308 e. The molecular formula is C18H27N5O4. The van der Waals surface area contributed by atoms with Crippen LogP contribution in [0.25, 0.3) is 17.4 Å². The molecule has 0 saturated heterocycles. The van der Waals surface area contributed by atoms with Crippen LogP contribution < -0.4 is 11.3 Å². The number of fused-ring (bicyclic) bond motifs is 1. The molecule has 1 atom stereocenters. The molecule has 2 aromatic rings. The third-order valence-electron chi connectivity index (χ3n) is 4.10. The molecule has 1 unspecified atom stereocenters. The van der Waals surface area contributed by atoms with Crippen molar-refractivity contribution in [2.45, 2.75) is 27.2 Å². The van der Waals surface area contributed by atoms with Gasteiger partial charge in [-0.3, -0.25) is 19.1 Å². The fourth-order valence-electron chi connectivity index (χ4n) is 2.43. The predicted octanol–water partition coefficient (Wildman–Crippen LogP) is 1.56. The van der Waals surface area contributed by atoms with Crippen molar-refractivity contribution in [2.75, 3.05) is 18.9 Å². The summed E-state index contributed by atoms with van der Waals surface area (Å²) in [6.07, 6.45) is 5.54. The van der Waals surface area contributed by atoms with Gasteiger partial charge >= 0.3 is 5.97 Å². The quantitative estimate of drug-likeness (QED) is 0.531. The summed E-state index contributed by atoms with van der Waals surface area (Å²) in [6.45, 7) is 8.74. The molecule has 4 N–H and O–H groups in total. The van der Waals surface area contributed by atoms with E-state index in [1.165, 1.54) is 6.33 Å². The summed E-state index contributed by atoms with van der Waals surface area (Å²) in [6, 6.07) is 0. The van der Waals surface area contributed by atoms with Crippen molar-refractivity contribution in [3.63, 3.8) is 0 Å². The van der Waals surface area contributed by atoms with Gasteiger partial charge in [0, 0.05) is 7.63 Å². The molecule has 0 spiro atoms. The van der Waals surface area contributed by atoms with E-state index >= 15 is 0 Å². The number of rotatable bonds is 5. The lowest BCUT2D eigenvalue weighted by atomic mass is 10.1. The number of hydrogen-bond acceptors (Lipinski definition) is 7. The Morgan fingerprint density at radius 3 is 2.89 bits per heavy atom. The molecule has 0 aromatic carbocycles. The molecule has 0 bridgehead atoms. The van der Waals surface area contributed by atoms with E-state index in [1.807, 2.05) is 6.92 Å². The number of nitrogens with zero attached hydrogens (tertiary/aromatic N) is 3. The van der Waals surface area contributed by atoms with E-state index in [0.717, 1.165) is 5.57 Å². The lowest BCUT2D eigenvalue weighted by Crippen LogP contribution is -2.21. The monoisotopic (exact) mass is 377 g/mol. The fourth-order valence-corrected chi connectivity index (χ4v) is 2.43. The number of aliphatic hydroxyl groups excluding tert-OH is 1. The molecule has 9 heteroatoms. The smallest absolute Gasteiger partial charge is 0.308 e. The summed E-state index contributed by atoms with van der Waals surface area (Å²) >= 11 is 0. The molecule has 1 aliphatic rings. The Bertz CT molecular complexity index is 934. The van der Waals surface area contributed by atoms with Crippen molar-refractivity contribution in [2.24, 2.45) is 11.3 Å². The highest BCUT2D eigenvalue weighted by atomic mass is 16.5. The normalized spacial score (nSPS) is 19.7. The molecule has 0 radical (unpaired) electrons. The van der Waals surface area contributed by atoms with Gasteiger partial charge in [-0.25, -0.2) is 4.98 Å². The number of carbonyl (C=O) groups excluding carboxylic acids is 1. The first kappa shape index (κ1) is 20.4. The van der Waals surface area contributed by atoms with Crippen molar-refractivity contribution >= 4 is 29.3 Å². The van der Waals surface area contributed by atoms with Gasteiger partial charge in [-0.15, -0.1) is 6.58 Å². The first-order valence-corrected chi connectivity index (χ1v) is 8.56. The summed E-state index contributed by atoms with van der Waals surface area (Å²) < 4.78 is 6.82. The van der Waals surface area contributed by atoms with Crippen molar-refractivity contribution in [3.8, 4) is 0 Å². The highest BCUT2D eigenvalue weighted by Gasteiger charge is 2.50. The van der Waals surface area contributed by atoms with E-state index in [-0.39, 0.29) is 38.0 Å². The molecule has 148 valence electrons. The predicted molar refractivity (Wildman–Crippen MR) is 105 cm³/mol. The number of esters is 1. The van der Waals surface area contributed by atoms with Gasteiger partial charge in [0.1, 0.15) is 12.9 Å². The Morgan fingerprint density at radius 2 is 2.30 bits per heavy atom. The second kappa shape index (κ2) is 8.17. The Morgan fingerprint density at radius 1 is 1.63 bits per heavy atom. The third-order valence-corrected chi connectivity index (χ3v) is 4.10. The molecule has 27 heavy (non-hydrogen) atoms. The molecule has 1 saturated carbocycles.